The van der Waals surface area contributed by atoms with E-state index in [4.69, 9.17) is 0 Å². The lowest BCUT2D eigenvalue weighted by molar-refractivity contribution is 0.237. The molecular weight excluding hydrogens is 286 g/mol. The Morgan fingerprint density at radius 3 is 2.19 bits per heavy atom. The molecule has 0 radical (unpaired) electrons. The molecule has 1 fully saturated rings. The second-order valence-corrected chi connectivity index (χ2v) is 8.18. The first-order chi connectivity index (χ1) is 9.74. The van der Waals surface area contributed by atoms with E-state index in [0.717, 1.165) is 24.8 Å². The van der Waals surface area contributed by atoms with Crippen LogP contribution < -0.4 is 0 Å². The normalized spacial score (nSPS) is 32.1. The van der Waals surface area contributed by atoms with Gasteiger partial charge in [-0.15, -0.1) is 0 Å². The van der Waals surface area contributed by atoms with Crippen LogP contribution in [0, 0.1) is 6.92 Å². The highest BCUT2D eigenvalue weighted by Crippen LogP contribution is 2.57. The van der Waals surface area contributed by atoms with Crippen LogP contribution in [0.25, 0.3) is 0 Å². The largest absolute Gasteiger partial charge is 0.394 e. The summed E-state index contributed by atoms with van der Waals surface area (Å²) < 4.78 is 27.2. The van der Waals surface area contributed by atoms with E-state index in [0.29, 0.717) is 4.90 Å². The summed E-state index contributed by atoms with van der Waals surface area (Å²) in [6.45, 7) is 7.62. The highest BCUT2D eigenvalue weighted by molar-refractivity contribution is 7.89. The van der Waals surface area contributed by atoms with Gasteiger partial charge >= 0.3 is 0 Å². The van der Waals surface area contributed by atoms with Gasteiger partial charge in [-0.1, -0.05) is 37.5 Å². The minimum Gasteiger partial charge on any atom is -0.394 e. The van der Waals surface area contributed by atoms with Gasteiger partial charge in [0.2, 0.25) is 10.0 Å². The highest BCUT2D eigenvalue weighted by Gasteiger charge is 2.73. The molecule has 1 aliphatic heterocycles. The fourth-order valence-corrected chi connectivity index (χ4v) is 5.42. The summed E-state index contributed by atoms with van der Waals surface area (Å²) in [5.41, 5.74) is -0.175. The Labute approximate surface area is 127 Å². The Balaban J connectivity index is 2.38. The number of nitrogens with zero attached hydrogens (tertiary/aromatic N) is 1. The van der Waals surface area contributed by atoms with E-state index in [-0.39, 0.29) is 6.61 Å². The molecule has 1 aromatic rings. The molecule has 1 N–H and O–H groups in total. The minimum atomic E-state index is -3.57. The second-order valence-electron chi connectivity index (χ2n) is 6.39. The van der Waals surface area contributed by atoms with E-state index in [1.54, 1.807) is 24.3 Å². The molecule has 118 valence electrons. The summed E-state index contributed by atoms with van der Waals surface area (Å²) in [7, 11) is -3.57. The second kappa shape index (κ2) is 5.38. The van der Waals surface area contributed by atoms with E-state index in [2.05, 4.69) is 6.92 Å². The van der Waals surface area contributed by atoms with Crippen molar-refractivity contribution < 1.29 is 13.5 Å². The SMILES string of the molecule is CCCC[C@]1(C)N(S(=O)(=O)c2ccc(C)cc2)[C@]1(C)CO. The van der Waals surface area contributed by atoms with Crippen LogP contribution in [-0.4, -0.2) is 35.5 Å². The predicted octanol–water partition coefficient (Wildman–Crippen LogP) is 2.70. The molecule has 0 amide bonds. The van der Waals surface area contributed by atoms with Crippen molar-refractivity contribution in [2.24, 2.45) is 0 Å². The van der Waals surface area contributed by atoms with Gasteiger partial charge in [-0.25, -0.2) is 8.42 Å². The van der Waals surface area contributed by atoms with Crippen molar-refractivity contribution in [2.45, 2.75) is 62.9 Å². The molecule has 3 atom stereocenters. The van der Waals surface area contributed by atoms with Crippen LogP contribution in [0.5, 0.6) is 0 Å². The standard InChI is InChI=1S/C16H25NO3S/c1-5-6-11-15(3)16(4,12-18)17(15)21(19,20)14-9-7-13(2)8-10-14/h7-10,18H,5-6,11-12H2,1-4H3/t15-,16+,17?/m0/s1. The third-order valence-corrected chi connectivity index (χ3v) is 7.05. The Hall–Kier alpha value is -0.910. The van der Waals surface area contributed by atoms with Crippen LogP contribution >= 0.6 is 0 Å². The molecule has 1 aromatic carbocycles. The summed E-state index contributed by atoms with van der Waals surface area (Å²) in [5, 5.41) is 9.72. The van der Waals surface area contributed by atoms with Crippen LogP contribution in [0.4, 0.5) is 0 Å². The van der Waals surface area contributed by atoms with Crippen LogP contribution in [0.3, 0.4) is 0 Å². The van der Waals surface area contributed by atoms with Crippen molar-refractivity contribution in [3.8, 4) is 0 Å². The number of hydrogen-bond acceptors (Lipinski definition) is 3. The monoisotopic (exact) mass is 311 g/mol. The number of unbranched alkanes of at least 4 members (excludes halogenated alkanes) is 1. The van der Waals surface area contributed by atoms with Crippen molar-refractivity contribution in [3.05, 3.63) is 29.8 Å². The van der Waals surface area contributed by atoms with Gasteiger partial charge in [0.05, 0.1) is 22.6 Å². The molecule has 0 bridgehead atoms. The van der Waals surface area contributed by atoms with Crippen LogP contribution in [0.15, 0.2) is 29.2 Å². The van der Waals surface area contributed by atoms with Crippen LogP contribution in [0.1, 0.15) is 45.6 Å². The number of benzene rings is 1. The number of hydrogen-bond donors (Lipinski definition) is 1. The molecule has 0 saturated carbocycles. The van der Waals surface area contributed by atoms with E-state index in [1.165, 1.54) is 4.31 Å². The molecule has 4 nitrogen and oxygen atoms in total. The van der Waals surface area contributed by atoms with Crippen LogP contribution in [-0.2, 0) is 10.0 Å². The molecule has 0 aromatic heterocycles. The summed E-state index contributed by atoms with van der Waals surface area (Å²) in [4.78, 5) is 0.299. The van der Waals surface area contributed by atoms with Crippen molar-refractivity contribution in [1.29, 1.82) is 0 Å². The molecular formula is C16H25NO3S. The fourth-order valence-electron chi connectivity index (χ4n) is 3.17. The maximum atomic E-state index is 12.9. The molecule has 1 heterocycles. The average molecular weight is 311 g/mol. The molecule has 1 aliphatic rings. The smallest absolute Gasteiger partial charge is 0.244 e. The molecule has 1 unspecified atom stereocenters. The first kappa shape index (κ1) is 16.5. The Morgan fingerprint density at radius 2 is 1.71 bits per heavy atom. The van der Waals surface area contributed by atoms with Gasteiger partial charge in [0.1, 0.15) is 0 Å². The van der Waals surface area contributed by atoms with Crippen molar-refractivity contribution >= 4 is 10.0 Å². The van der Waals surface area contributed by atoms with Crippen molar-refractivity contribution in [3.63, 3.8) is 0 Å². The summed E-state index contributed by atoms with van der Waals surface area (Å²) in [5.74, 6) is 0. The summed E-state index contributed by atoms with van der Waals surface area (Å²) in [6, 6.07) is 6.88. The lowest BCUT2D eigenvalue weighted by Gasteiger charge is -2.12. The molecule has 0 aliphatic carbocycles. The first-order valence-corrected chi connectivity index (χ1v) is 8.91. The van der Waals surface area contributed by atoms with E-state index in [9.17, 15) is 13.5 Å². The maximum absolute atomic E-state index is 12.9. The molecule has 21 heavy (non-hydrogen) atoms. The van der Waals surface area contributed by atoms with Gasteiger partial charge in [0.25, 0.3) is 0 Å². The van der Waals surface area contributed by atoms with Gasteiger partial charge in [0.15, 0.2) is 0 Å². The summed E-state index contributed by atoms with van der Waals surface area (Å²) >= 11 is 0. The van der Waals surface area contributed by atoms with Crippen molar-refractivity contribution in [2.75, 3.05) is 6.61 Å². The van der Waals surface area contributed by atoms with Gasteiger partial charge in [0, 0.05) is 0 Å². The van der Waals surface area contributed by atoms with E-state index >= 15 is 0 Å². The predicted molar refractivity (Wildman–Crippen MR) is 83.6 cm³/mol. The third kappa shape index (κ3) is 2.41. The topological polar surface area (TPSA) is 57.4 Å². The van der Waals surface area contributed by atoms with Gasteiger partial charge < -0.3 is 5.11 Å². The minimum absolute atomic E-state index is 0.154. The quantitative estimate of drug-likeness (QED) is 0.822. The number of aryl methyl sites for hydroxylation is 1. The lowest BCUT2D eigenvalue weighted by atomic mass is 9.92. The third-order valence-electron chi connectivity index (χ3n) is 4.89. The molecule has 0 spiro atoms. The number of aliphatic hydroxyl groups is 1. The highest BCUT2D eigenvalue weighted by atomic mass is 32.2. The van der Waals surface area contributed by atoms with Crippen LogP contribution in [0.2, 0.25) is 0 Å². The molecule has 5 heteroatoms. The average Bonchev–Trinajstić information content (AvgIpc) is 2.95. The maximum Gasteiger partial charge on any atom is 0.244 e. The Kier molecular flexibility index (Phi) is 4.21. The number of sulfonamides is 1. The Morgan fingerprint density at radius 1 is 1.14 bits per heavy atom. The molecule has 1 saturated heterocycles. The van der Waals surface area contributed by atoms with Gasteiger partial charge in [-0.05, 0) is 39.3 Å². The zero-order valence-corrected chi connectivity index (χ0v) is 14.1. The Bertz CT molecular complexity index is 611. The number of rotatable bonds is 6. The number of aliphatic hydroxyl groups excluding tert-OH is 1. The van der Waals surface area contributed by atoms with E-state index in [1.807, 2.05) is 20.8 Å². The zero-order valence-electron chi connectivity index (χ0n) is 13.3. The van der Waals surface area contributed by atoms with E-state index < -0.39 is 21.1 Å². The molecule has 2 rings (SSSR count). The summed E-state index contributed by atoms with van der Waals surface area (Å²) in [6.07, 6.45) is 2.73. The van der Waals surface area contributed by atoms with Gasteiger partial charge in [-0.2, -0.15) is 4.31 Å². The fraction of sp³-hybridized carbons (Fsp3) is 0.625. The van der Waals surface area contributed by atoms with Crippen molar-refractivity contribution in [1.82, 2.24) is 4.31 Å². The first-order valence-electron chi connectivity index (χ1n) is 7.47. The zero-order chi connectivity index (χ0) is 15.9. The van der Waals surface area contributed by atoms with Gasteiger partial charge in [-0.3, -0.25) is 0 Å². The lowest BCUT2D eigenvalue weighted by Crippen LogP contribution is -2.24.